The van der Waals surface area contributed by atoms with Crippen LogP contribution in [0.15, 0.2) is 24.3 Å². The molecule has 1 aliphatic rings. The van der Waals surface area contributed by atoms with Gasteiger partial charge in [-0.25, -0.2) is 0 Å². The van der Waals surface area contributed by atoms with Crippen molar-refractivity contribution in [3.63, 3.8) is 0 Å². The maximum absolute atomic E-state index is 12.0. The Morgan fingerprint density at radius 1 is 1.22 bits per heavy atom. The zero-order valence-corrected chi connectivity index (χ0v) is 14.5. The third kappa shape index (κ3) is 5.61. The van der Waals surface area contributed by atoms with Gasteiger partial charge >= 0.3 is 0 Å². The standard InChI is InChI=1S/C18H29N3O2/c1-18(2,3)16(19)17(22)20-12-14-4-6-15(7-5-14)13-21-8-10-23-11-9-21/h4-7,16H,8-13,19H2,1-3H3,(H,20,22)/t16-/m1/s1. The molecule has 0 saturated carbocycles. The number of carbonyl (C=O) groups is 1. The van der Waals surface area contributed by atoms with Crippen molar-refractivity contribution < 1.29 is 9.53 Å². The van der Waals surface area contributed by atoms with E-state index in [0.29, 0.717) is 6.54 Å². The summed E-state index contributed by atoms with van der Waals surface area (Å²) in [5.41, 5.74) is 8.10. The van der Waals surface area contributed by atoms with Crippen molar-refractivity contribution >= 4 is 5.91 Å². The Bertz CT molecular complexity index is 502. The van der Waals surface area contributed by atoms with Crippen LogP contribution in [0.25, 0.3) is 0 Å². The van der Waals surface area contributed by atoms with E-state index in [-0.39, 0.29) is 11.3 Å². The van der Waals surface area contributed by atoms with E-state index in [1.54, 1.807) is 0 Å². The fourth-order valence-corrected chi connectivity index (χ4v) is 2.47. The highest BCUT2D eigenvalue weighted by Crippen LogP contribution is 2.17. The average Bonchev–Trinajstić information content (AvgIpc) is 2.53. The Kier molecular flexibility index (Phi) is 6.16. The lowest BCUT2D eigenvalue weighted by molar-refractivity contribution is -0.124. The molecule has 128 valence electrons. The quantitative estimate of drug-likeness (QED) is 0.863. The van der Waals surface area contributed by atoms with Crippen LogP contribution in [-0.2, 0) is 22.6 Å². The molecule has 1 saturated heterocycles. The summed E-state index contributed by atoms with van der Waals surface area (Å²) >= 11 is 0. The number of hydrogen-bond donors (Lipinski definition) is 2. The largest absolute Gasteiger partial charge is 0.379 e. The summed E-state index contributed by atoms with van der Waals surface area (Å²) in [6.07, 6.45) is 0. The average molecular weight is 319 g/mol. The molecule has 5 nitrogen and oxygen atoms in total. The van der Waals surface area contributed by atoms with Crippen molar-refractivity contribution in [1.29, 1.82) is 0 Å². The molecular formula is C18H29N3O2. The number of ether oxygens (including phenoxy) is 1. The summed E-state index contributed by atoms with van der Waals surface area (Å²) in [6, 6.07) is 7.89. The van der Waals surface area contributed by atoms with Gasteiger partial charge in [-0.2, -0.15) is 0 Å². The summed E-state index contributed by atoms with van der Waals surface area (Å²) in [5, 5.41) is 2.92. The smallest absolute Gasteiger partial charge is 0.237 e. The molecule has 5 heteroatoms. The lowest BCUT2D eigenvalue weighted by Gasteiger charge is -2.26. The molecule has 1 heterocycles. The van der Waals surface area contributed by atoms with Crippen molar-refractivity contribution in [1.82, 2.24) is 10.2 Å². The molecule has 0 spiro atoms. The Morgan fingerprint density at radius 3 is 2.35 bits per heavy atom. The number of benzene rings is 1. The first kappa shape index (κ1) is 17.9. The van der Waals surface area contributed by atoms with Crippen molar-refractivity contribution in [2.45, 2.75) is 39.9 Å². The summed E-state index contributed by atoms with van der Waals surface area (Å²) in [7, 11) is 0. The predicted molar refractivity (Wildman–Crippen MR) is 91.8 cm³/mol. The first-order valence-electron chi connectivity index (χ1n) is 8.27. The minimum atomic E-state index is -0.497. The molecule has 0 bridgehead atoms. The monoisotopic (exact) mass is 319 g/mol. The van der Waals surface area contributed by atoms with Gasteiger partial charge in [0.25, 0.3) is 0 Å². The molecule has 1 aromatic rings. The molecule has 1 atom stereocenters. The Labute approximate surface area is 139 Å². The van der Waals surface area contributed by atoms with Gasteiger partial charge in [-0.1, -0.05) is 45.0 Å². The molecule has 0 unspecified atom stereocenters. The van der Waals surface area contributed by atoms with E-state index < -0.39 is 6.04 Å². The number of carbonyl (C=O) groups excluding carboxylic acids is 1. The van der Waals surface area contributed by atoms with Crippen molar-refractivity contribution in [2.24, 2.45) is 11.1 Å². The van der Waals surface area contributed by atoms with Crippen molar-refractivity contribution in [3.05, 3.63) is 35.4 Å². The number of rotatable bonds is 5. The molecule has 23 heavy (non-hydrogen) atoms. The Hall–Kier alpha value is -1.43. The van der Waals surface area contributed by atoms with Crippen LogP contribution in [0.2, 0.25) is 0 Å². The highest BCUT2D eigenvalue weighted by Gasteiger charge is 2.27. The van der Waals surface area contributed by atoms with Crippen LogP contribution >= 0.6 is 0 Å². The van der Waals surface area contributed by atoms with Crippen LogP contribution in [0.1, 0.15) is 31.9 Å². The molecule has 1 aromatic carbocycles. The number of nitrogens with zero attached hydrogens (tertiary/aromatic N) is 1. The van der Waals surface area contributed by atoms with Crippen LogP contribution in [0.3, 0.4) is 0 Å². The van der Waals surface area contributed by atoms with Gasteiger partial charge in [-0.3, -0.25) is 9.69 Å². The number of hydrogen-bond acceptors (Lipinski definition) is 4. The molecule has 0 aliphatic carbocycles. The molecular weight excluding hydrogens is 290 g/mol. The number of amides is 1. The predicted octanol–water partition coefficient (Wildman–Crippen LogP) is 1.51. The number of nitrogens with two attached hydrogens (primary N) is 1. The van der Waals surface area contributed by atoms with E-state index >= 15 is 0 Å². The summed E-state index contributed by atoms with van der Waals surface area (Å²) in [5.74, 6) is -0.102. The highest BCUT2D eigenvalue weighted by atomic mass is 16.5. The maximum atomic E-state index is 12.0. The van der Waals surface area contributed by atoms with Gasteiger partial charge in [0.05, 0.1) is 19.3 Å². The summed E-state index contributed by atoms with van der Waals surface area (Å²) in [4.78, 5) is 14.4. The SMILES string of the molecule is CC(C)(C)[C@H](N)C(=O)NCc1ccc(CN2CCOCC2)cc1. The van der Waals surface area contributed by atoms with Crippen LogP contribution in [-0.4, -0.2) is 43.2 Å². The fraction of sp³-hybridized carbons (Fsp3) is 0.611. The van der Waals surface area contributed by atoms with E-state index in [9.17, 15) is 4.79 Å². The zero-order valence-electron chi connectivity index (χ0n) is 14.5. The van der Waals surface area contributed by atoms with Crippen LogP contribution in [0.5, 0.6) is 0 Å². The van der Waals surface area contributed by atoms with Crippen molar-refractivity contribution in [2.75, 3.05) is 26.3 Å². The van der Waals surface area contributed by atoms with Crippen LogP contribution in [0, 0.1) is 5.41 Å². The second kappa shape index (κ2) is 7.90. The molecule has 1 amide bonds. The second-order valence-corrected chi connectivity index (χ2v) is 7.27. The third-order valence-electron chi connectivity index (χ3n) is 4.22. The van der Waals surface area contributed by atoms with E-state index in [1.807, 2.05) is 20.8 Å². The Balaban J connectivity index is 1.81. The van der Waals surface area contributed by atoms with Crippen LogP contribution < -0.4 is 11.1 Å². The van der Waals surface area contributed by atoms with E-state index in [2.05, 4.69) is 34.5 Å². The highest BCUT2D eigenvalue weighted by molar-refractivity contribution is 5.82. The minimum absolute atomic E-state index is 0.102. The van der Waals surface area contributed by atoms with Gasteiger partial charge in [0.2, 0.25) is 5.91 Å². The van der Waals surface area contributed by atoms with Gasteiger partial charge in [0.15, 0.2) is 0 Å². The van der Waals surface area contributed by atoms with Gasteiger partial charge in [0.1, 0.15) is 0 Å². The molecule has 3 N–H and O–H groups in total. The second-order valence-electron chi connectivity index (χ2n) is 7.27. The number of morpholine rings is 1. The zero-order chi connectivity index (χ0) is 16.9. The topological polar surface area (TPSA) is 67.6 Å². The van der Waals surface area contributed by atoms with Gasteiger partial charge in [0, 0.05) is 26.2 Å². The third-order valence-corrected chi connectivity index (χ3v) is 4.22. The summed E-state index contributed by atoms with van der Waals surface area (Å²) in [6.45, 7) is 11.0. The van der Waals surface area contributed by atoms with Crippen LogP contribution in [0.4, 0.5) is 0 Å². The first-order valence-corrected chi connectivity index (χ1v) is 8.27. The van der Waals surface area contributed by atoms with E-state index in [0.717, 1.165) is 38.4 Å². The molecule has 2 rings (SSSR count). The lowest BCUT2D eigenvalue weighted by atomic mass is 9.87. The van der Waals surface area contributed by atoms with Gasteiger partial charge in [-0.05, 0) is 16.5 Å². The van der Waals surface area contributed by atoms with Gasteiger partial charge < -0.3 is 15.8 Å². The maximum Gasteiger partial charge on any atom is 0.237 e. The minimum Gasteiger partial charge on any atom is -0.379 e. The van der Waals surface area contributed by atoms with Crippen molar-refractivity contribution in [3.8, 4) is 0 Å². The van der Waals surface area contributed by atoms with E-state index in [4.69, 9.17) is 10.5 Å². The summed E-state index contributed by atoms with van der Waals surface area (Å²) < 4.78 is 5.36. The molecule has 0 radical (unpaired) electrons. The molecule has 1 fully saturated rings. The first-order chi connectivity index (χ1) is 10.9. The normalized spacial score (nSPS) is 17.7. The Morgan fingerprint density at radius 2 is 1.78 bits per heavy atom. The fourth-order valence-electron chi connectivity index (χ4n) is 2.47. The van der Waals surface area contributed by atoms with E-state index in [1.165, 1.54) is 5.56 Å². The lowest BCUT2D eigenvalue weighted by Crippen LogP contribution is -2.48. The molecule has 0 aromatic heterocycles. The number of nitrogens with one attached hydrogen (secondary N) is 1. The van der Waals surface area contributed by atoms with Gasteiger partial charge in [-0.15, -0.1) is 0 Å². The molecule has 1 aliphatic heterocycles.